The molecule has 0 N–H and O–H groups in total. The molecule has 3 rings (SSSR count). The van der Waals surface area contributed by atoms with Crippen LogP contribution in [0.25, 0.3) is 5.32 Å². The second kappa shape index (κ2) is 13.4. The van der Waals surface area contributed by atoms with Gasteiger partial charge in [0.25, 0.3) is 0 Å². The van der Waals surface area contributed by atoms with Crippen molar-refractivity contribution < 1.29 is 25.8 Å². The van der Waals surface area contributed by atoms with Gasteiger partial charge in [-0.05, 0) is 43.4 Å². The second-order valence-electron chi connectivity index (χ2n) is 9.37. The van der Waals surface area contributed by atoms with E-state index >= 15 is 0 Å². The number of rotatable bonds is 7. The molecule has 0 aliphatic heterocycles. The molecule has 1 heterocycles. The minimum Gasteiger partial charge on any atom is -0.673 e. The van der Waals surface area contributed by atoms with Gasteiger partial charge in [-0.3, -0.25) is 4.98 Å². The predicted molar refractivity (Wildman–Crippen MR) is 145 cm³/mol. The van der Waals surface area contributed by atoms with Crippen LogP contribution in [-0.4, -0.2) is 13.1 Å². The van der Waals surface area contributed by atoms with Crippen LogP contribution >= 0.6 is 0 Å². The van der Waals surface area contributed by atoms with Gasteiger partial charge in [0.05, 0.1) is 0 Å². The van der Waals surface area contributed by atoms with Crippen LogP contribution in [0.15, 0.2) is 66.7 Å². The first-order valence-corrected chi connectivity index (χ1v) is 14.1. The molecule has 174 valence electrons. The minimum atomic E-state index is -1.76. The Morgan fingerprint density at radius 3 is 1.76 bits per heavy atom. The molecular weight excluding hydrogens is 583 g/mol. The predicted octanol–water partition coefficient (Wildman–Crippen LogP) is 8.31. The first-order valence-electron chi connectivity index (χ1n) is 10.9. The molecule has 1 unspecified atom stereocenters. The summed E-state index contributed by atoms with van der Waals surface area (Å²) in [6.07, 6.45) is 0. The van der Waals surface area contributed by atoms with E-state index in [0.29, 0.717) is 11.8 Å². The van der Waals surface area contributed by atoms with Crippen molar-refractivity contribution in [2.24, 2.45) is 0 Å². The van der Waals surface area contributed by atoms with Crippen LogP contribution in [0.3, 0.4) is 0 Å². The zero-order chi connectivity index (χ0) is 21.9. The first kappa shape index (κ1) is 31.5. The van der Waals surface area contributed by atoms with Gasteiger partial charge in [-0.2, -0.15) is 0 Å². The third-order valence-corrected chi connectivity index (χ3v) is 7.13. The second-order valence-corrected chi connectivity index (χ2v) is 13.6. The number of hydrogen-bond donors (Lipinski definition) is 0. The standard InChI is InChI=1S/C27H34N2Si.2CH3.Hf/c1-19(2)22-15-11-16-23(20(3)4)27(22)29-26(21-13-9-8-10-14-21)24-17-12-18-25(28-24)30(5,6)7;;;/h8-20,26H,5H2,1-4,6-7H3;2*1H3;/q-2;2*-1;+4. The smallest absolute Gasteiger partial charge is 0.673 e. The van der Waals surface area contributed by atoms with Crippen molar-refractivity contribution in [3.8, 4) is 0 Å². The summed E-state index contributed by atoms with van der Waals surface area (Å²) in [5.74, 6) is 0.814. The number of hydrogen-bond acceptors (Lipinski definition) is 1. The van der Waals surface area contributed by atoms with Crippen LogP contribution in [0.2, 0.25) is 13.1 Å². The fraction of sp³-hybridized carbons (Fsp3) is 0.310. The number of aromatic nitrogens is 1. The zero-order valence-corrected chi connectivity index (χ0v) is 26.3. The van der Waals surface area contributed by atoms with Crippen LogP contribution in [0.1, 0.15) is 68.0 Å². The molecule has 0 aliphatic rings. The van der Waals surface area contributed by atoms with E-state index in [1.165, 1.54) is 16.7 Å². The van der Waals surface area contributed by atoms with Gasteiger partial charge < -0.3 is 26.7 Å². The normalized spacial score (nSPS) is 11.8. The van der Waals surface area contributed by atoms with Gasteiger partial charge >= 0.3 is 25.8 Å². The van der Waals surface area contributed by atoms with Crippen molar-refractivity contribution in [1.29, 1.82) is 0 Å². The molecule has 3 aromatic rings. The Morgan fingerprint density at radius 1 is 0.758 bits per heavy atom. The maximum Gasteiger partial charge on any atom is 4.00 e. The van der Waals surface area contributed by atoms with Crippen molar-refractivity contribution >= 4 is 19.1 Å². The van der Waals surface area contributed by atoms with Gasteiger partial charge in [0.2, 0.25) is 0 Å². The van der Waals surface area contributed by atoms with E-state index in [-0.39, 0.29) is 46.7 Å². The minimum absolute atomic E-state index is 0. The molecule has 0 bridgehead atoms. The van der Waals surface area contributed by atoms with Gasteiger partial charge in [-0.25, -0.2) is 0 Å². The third kappa shape index (κ3) is 7.75. The fourth-order valence-corrected chi connectivity index (χ4v) is 4.70. The van der Waals surface area contributed by atoms with Crippen LogP contribution in [-0.2, 0) is 25.8 Å². The van der Waals surface area contributed by atoms with Crippen molar-refractivity contribution in [2.45, 2.75) is 58.7 Å². The molecule has 0 aliphatic carbocycles. The van der Waals surface area contributed by atoms with Gasteiger partial charge in [0.15, 0.2) is 0 Å². The monoisotopic (exact) mass is 624 g/mol. The van der Waals surface area contributed by atoms with Crippen molar-refractivity contribution in [2.75, 3.05) is 0 Å². The van der Waals surface area contributed by atoms with Crippen LogP contribution in [0, 0.1) is 21.4 Å². The molecule has 0 fully saturated rings. The van der Waals surface area contributed by atoms with E-state index in [9.17, 15) is 0 Å². The van der Waals surface area contributed by atoms with E-state index in [1.807, 2.05) is 0 Å². The number of pyridine rings is 1. The molecule has 33 heavy (non-hydrogen) atoms. The number of nitrogens with zero attached hydrogens (tertiary/aromatic N) is 2. The summed E-state index contributed by atoms with van der Waals surface area (Å²) in [6, 6.07) is 23.3. The Bertz CT molecular complexity index is 952. The molecule has 2 nitrogen and oxygen atoms in total. The summed E-state index contributed by atoms with van der Waals surface area (Å²) in [4.78, 5) is 5.07. The Labute approximate surface area is 223 Å². The van der Waals surface area contributed by atoms with Gasteiger partial charge in [-0.15, -0.1) is 5.69 Å². The molecule has 0 radical (unpaired) electrons. The maximum atomic E-state index is 5.40. The summed E-state index contributed by atoms with van der Waals surface area (Å²) in [5, 5.41) is 6.52. The summed E-state index contributed by atoms with van der Waals surface area (Å²) < 4.78 is 0. The van der Waals surface area contributed by atoms with E-state index in [2.05, 4.69) is 114 Å². The molecule has 0 amide bonds. The summed E-state index contributed by atoms with van der Waals surface area (Å²) >= 11 is 0. The van der Waals surface area contributed by atoms with Crippen LogP contribution in [0.4, 0.5) is 5.69 Å². The Balaban J connectivity index is 0.00000341. The molecule has 4 heteroatoms. The Morgan fingerprint density at radius 2 is 1.27 bits per heavy atom. The van der Waals surface area contributed by atoms with Crippen LogP contribution < -0.4 is 5.32 Å². The Kier molecular flexibility index (Phi) is 12.8. The molecule has 1 aromatic heterocycles. The van der Waals surface area contributed by atoms with Gasteiger partial charge in [0, 0.05) is 5.69 Å². The average molecular weight is 623 g/mol. The molecule has 1 atom stereocenters. The summed E-state index contributed by atoms with van der Waals surface area (Å²) in [5.41, 5.74) is 5.88. The van der Waals surface area contributed by atoms with E-state index in [1.54, 1.807) is 0 Å². The quantitative estimate of drug-likeness (QED) is 0.192. The first-order chi connectivity index (χ1) is 14.2. The van der Waals surface area contributed by atoms with Crippen molar-refractivity contribution in [3.63, 3.8) is 0 Å². The van der Waals surface area contributed by atoms with E-state index < -0.39 is 8.07 Å². The SMILES string of the molecule is [CH2-][Si](C)(C)c1cccc(C([N-]c2c(C(C)C)cccc2C(C)C)c2ccccc2)n1.[CH3-].[CH3-].[Hf+4]. The van der Waals surface area contributed by atoms with Crippen LogP contribution in [0.5, 0.6) is 0 Å². The largest absolute Gasteiger partial charge is 4.00 e. The topological polar surface area (TPSA) is 27.0 Å². The summed E-state index contributed by atoms with van der Waals surface area (Å²) in [7, 11) is -1.76. The van der Waals surface area contributed by atoms with Crippen molar-refractivity contribution in [1.82, 2.24) is 4.98 Å². The maximum absolute atomic E-state index is 5.40. The average Bonchev–Trinajstić information content (AvgIpc) is 2.71. The molecule has 0 spiro atoms. The van der Waals surface area contributed by atoms with Crippen molar-refractivity contribution in [3.05, 3.63) is 116 Å². The van der Waals surface area contributed by atoms with E-state index in [4.69, 9.17) is 10.3 Å². The Hall–Kier alpha value is -1.52. The molecular formula is C29H40HfN2Si. The van der Waals surface area contributed by atoms with Gasteiger partial charge in [-0.1, -0.05) is 112 Å². The summed E-state index contributed by atoms with van der Waals surface area (Å²) in [6.45, 7) is 17.9. The number of para-hydroxylation sites is 1. The molecule has 0 saturated carbocycles. The molecule has 0 saturated heterocycles. The molecule has 2 aromatic carbocycles. The number of benzene rings is 2. The zero-order valence-electron chi connectivity index (χ0n) is 21.7. The van der Waals surface area contributed by atoms with Gasteiger partial charge in [0.1, 0.15) is 0 Å². The third-order valence-electron chi connectivity index (χ3n) is 5.46. The van der Waals surface area contributed by atoms with E-state index in [0.717, 1.165) is 16.7 Å². The fourth-order valence-electron chi connectivity index (χ4n) is 3.72.